The molecule has 0 aromatic carbocycles. The van der Waals surface area contributed by atoms with Gasteiger partial charge in [0.25, 0.3) is 0 Å². The van der Waals surface area contributed by atoms with Crippen molar-refractivity contribution >= 4 is 5.91 Å². The van der Waals surface area contributed by atoms with E-state index in [9.17, 15) is 4.79 Å². The maximum atomic E-state index is 10.6. The molecule has 0 aromatic heterocycles. The fourth-order valence-electron chi connectivity index (χ4n) is 0.944. The van der Waals surface area contributed by atoms with Gasteiger partial charge in [0.05, 0.1) is 0 Å². The molecule has 0 heterocycles. The molecule has 0 aliphatic heterocycles. The van der Waals surface area contributed by atoms with Crippen molar-refractivity contribution in [2.75, 3.05) is 19.6 Å². The van der Waals surface area contributed by atoms with E-state index in [4.69, 9.17) is 5.73 Å². The second-order valence-corrected chi connectivity index (χ2v) is 2.95. The van der Waals surface area contributed by atoms with Crippen LogP contribution in [0.5, 0.6) is 0 Å². The molecule has 0 spiro atoms. The third-order valence-electron chi connectivity index (χ3n) is 1.46. The smallest absolute Gasteiger partial charge is 0.217 e. The van der Waals surface area contributed by atoms with Crippen LogP contribution in [0.4, 0.5) is 0 Å². The topological polar surface area (TPSA) is 67.2 Å². The van der Waals surface area contributed by atoms with Crippen LogP contribution in [0.2, 0.25) is 0 Å². The number of hydrogen-bond donors (Lipinski definition) is 3. The summed E-state index contributed by atoms with van der Waals surface area (Å²) in [6.07, 6.45) is 0.979. The minimum Gasteiger partial charge on any atom is -0.353 e. The standard InChI is InChI=1S/C8H19N3O/c1-7(11-8(2)12)6-10-5-3-4-9/h7,10H,3-6,9H2,1-2H3,(H,11,12). The van der Waals surface area contributed by atoms with Gasteiger partial charge in [-0.1, -0.05) is 0 Å². The molecule has 0 aliphatic rings. The van der Waals surface area contributed by atoms with Gasteiger partial charge in [-0.15, -0.1) is 0 Å². The summed E-state index contributed by atoms with van der Waals surface area (Å²) in [5.74, 6) is 0.0168. The van der Waals surface area contributed by atoms with Gasteiger partial charge in [-0.2, -0.15) is 0 Å². The Morgan fingerprint density at radius 2 is 2.25 bits per heavy atom. The molecule has 12 heavy (non-hydrogen) atoms. The zero-order chi connectivity index (χ0) is 9.40. The lowest BCUT2D eigenvalue weighted by atomic mass is 10.3. The molecular weight excluding hydrogens is 154 g/mol. The normalized spacial score (nSPS) is 12.6. The van der Waals surface area contributed by atoms with E-state index in [1.54, 1.807) is 0 Å². The fourth-order valence-corrected chi connectivity index (χ4v) is 0.944. The zero-order valence-electron chi connectivity index (χ0n) is 7.89. The van der Waals surface area contributed by atoms with Gasteiger partial charge in [-0.05, 0) is 26.4 Å². The second kappa shape index (κ2) is 7.06. The summed E-state index contributed by atoms with van der Waals surface area (Å²) in [4.78, 5) is 10.6. The van der Waals surface area contributed by atoms with Crippen molar-refractivity contribution < 1.29 is 4.79 Å². The second-order valence-electron chi connectivity index (χ2n) is 2.95. The molecule has 72 valence electrons. The molecule has 1 unspecified atom stereocenters. The lowest BCUT2D eigenvalue weighted by Gasteiger charge is -2.12. The van der Waals surface area contributed by atoms with Crippen molar-refractivity contribution in [1.82, 2.24) is 10.6 Å². The number of carbonyl (C=O) groups is 1. The summed E-state index contributed by atoms with van der Waals surface area (Å²) < 4.78 is 0. The van der Waals surface area contributed by atoms with Crippen molar-refractivity contribution in [2.45, 2.75) is 26.3 Å². The van der Waals surface area contributed by atoms with E-state index in [1.165, 1.54) is 6.92 Å². The van der Waals surface area contributed by atoms with Gasteiger partial charge in [0, 0.05) is 19.5 Å². The molecule has 0 radical (unpaired) electrons. The number of nitrogens with two attached hydrogens (primary N) is 1. The predicted octanol–water partition coefficient (Wildman–Crippen LogP) is -0.551. The van der Waals surface area contributed by atoms with Crippen molar-refractivity contribution in [3.05, 3.63) is 0 Å². The minimum absolute atomic E-state index is 0.0168. The highest BCUT2D eigenvalue weighted by Crippen LogP contribution is 1.79. The minimum atomic E-state index is 0.0168. The van der Waals surface area contributed by atoms with Crippen LogP contribution < -0.4 is 16.4 Å². The Hall–Kier alpha value is -0.610. The first kappa shape index (κ1) is 11.4. The van der Waals surface area contributed by atoms with Crippen molar-refractivity contribution in [1.29, 1.82) is 0 Å². The molecule has 4 nitrogen and oxygen atoms in total. The molecule has 4 N–H and O–H groups in total. The molecule has 0 rings (SSSR count). The van der Waals surface area contributed by atoms with Crippen LogP contribution in [0, 0.1) is 0 Å². The Morgan fingerprint density at radius 1 is 1.58 bits per heavy atom. The van der Waals surface area contributed by atoms with E-state index in [0.29, 0.717) is 6.54 Å². The van der Waals surface area contributed by atoms with Gasteiger partial charge < -0.3 is 16.4 Å². The summed E-state index contributed by atoms with van der Waals surface area (Å²) in [5, 5.41) is 5.98. The quantitative estimate of drug-likeness (QED) is 0.472. The first-order valence-electron chi connectivity index (χ1n) is 4.34. The molecule has 0 bridgehead atoms. The molecule has 1 atom stereocenters. The van der Waals surface area contributed by atoms with Gasteiger partial charge >= 0.3 is 0 Å². The molecule has 0 aliphatic carbocycles. The molecule has 0 saturated carbocycles. The molecule has 0 fully saturated rings. The summed E-state index contributed by atoms with van der Waals surface area (Å²) in [7, 11) is 0. The predicted molar refractivity (Wildman–Crippen MR) is 49.8 cm³/mol. The number of amides is 1. The highest BCUT2D eigenvalue weighted by Gasteiger charge is 2.00. The number of hydrogen-bond acceptors (Lipinski definition) is 3. The van der Waals surface area contributed by atoms with E-state index in [0.717, 1.165) is 19.5 Å². The maximum Gasteiger partial charge on any atom is 0.217 e. The SMILES string of the molecule is CC(=O)NC(C)CNCCCN. The number of nitrogens with one attached hydrogen (secondary N) is 2. The summed E-state index contributed by atoms with van der Waals surface area (Å²) in [5.41, 5.74) is 5.32. The molecular formula is C8H19N3O. The Morgan fingerprint density at radius 3 is 2.75 bits per heavy atom. The Bertz CT molecular complexity index is 127. The van der Waals surface area contributed by atoms with E-state index < -0.39 is 0 Å². The van der Waals surface area contributed by atoms with E-state index in [2.05, 4.69) is 10.6 Å². The maximum absolute atomic E-state index is 10.6. The molecule has 0 saturated heterocycles. The van der Waals surface area contributed by atoms with Crippen LogP contribution in [0.25, 0.3) is 0 Å². The molecule has 4 heteroatoms. The van der Waals surface area contributed by atoms with Crippen molar-refractivity contribution in [3.8, 4) is 0 Å². The van der Waals surface area contributed by atoms with Gasteiger partial charge in [-0.3, -0.25) is 4.79 Å². The first-order chi connectivity index (χ1) is 5.66. The highest BCUT2D eigenvalue weighted by molar-refractivity contribution is 5.73. The summed E-state index contributed by atoms with van der Waals surface area (Å²) in [6.45, 7) is 5.93. The van der Waals surface area contributed by atoms with Crippen LogP contribution in [0.15, 0.2) is 0 Å². The molecule has 0 aromatic rings. The number of rotatable bonds is 6. The van der Waals surface area contributed by atoms with Crippen LogP contribution in [-0.2, 0) is 4.79 Å². The van der Waals surface area contributed by atoms with Gasteiger partial charge in [0.1, 0.15) is 0 Å². The highest BCUT2D eigenvalue weighted by atomic mass is 16.1. The lowest BCUT2D eigenvalue weighted by molar-refractivity contribution is -0.119. The third-order valence-corrected chi connectivity index (χ3v) is 1.46. The largest absolute Gasteiger partial charge is 0.353 e. The van der Waals surface area contributed by atoms with E-state index in [1.807, 2.05) is 6.92 Å². The first-order valence-corrected chi connectivity index (χ1v) is 4.34. The van der Waals surface area contributed by atoms with E-state index in [-0.39, 0.29) is 11.9 Å². The number of carbonyl (C=O) groups excluding carboxylic acids is 1. The summed E-state index contributed by atoms with van der Waals surface area (Å²) >= 11 is 0. The van der Waals surface area contributed by atoms with Gasteiger partial charge in [-0.25, -0.2) is 0 Å². The van der Waals surface area contributed by atoms with Crippen LogP contribution in [0.3, 0.4) is 0 Å². The van der Waals surface area contributed by atoms with Crippen molar-refractivity contribution in [2.24, 2.45) is 5.73 Å². The van der Waals surface area contributed by atoms with Gasteiger partial charge in [0.15, 0.2) is 0 Å². The monoisotopic (exact) mass is 173 g/mol. The zero-order valence-corrected chi connectivity index (χ0v) is 7.89. The van der Waals surface area contributed by atoms with Crippen molar-refractivity contribution in [3.63, 3.8) is 0 Å². The Balaban J connectivity index is 3.19. The Labute approximate surface area is 73.9 Å². The average molecular weight is 173 g/mol. The van der Waals surface area contributed by atoms with Crippen LogP contribution >= 0.6 is 0 Å². The van der Waals surface area contributed by atoms with Crippen LogP contribution in [0.1, 0.15) is 20.3 Å². The lowest BCUT2D eigenvalue weighted by Crippen LogP contribution is -2.39. The fraction of sp³-hybridized carbons (Fsp3) is 0.875. The Kier molecular flexibility index (Phi) is 6.70. The average Bonchev–Trinajstić information content (AvgIpc) is 1.97. The third kappa shape index (κ3) is 7.50. The van der Waals surface area contributed by atoms with Gasteiger partial charge in [0.2, 0.25) is 5.91 Å². The van der Waals surface area contributed by atoms with Crippen LogP contribution in [-0.4, -0.2) is 31.6 Å². The summed E-state index contributed by atoms with van der Waals surface area (Å²) in [6, 6.07) is 0.195. The molecule has 1 amide bonds. The van der Waals surface area contributed by atoms with E-state index >= 15 is 0 Å².